The number of methoxy groups -OCH3 is 1. The number of anilines is 2. The molecule has 1 N–H and O–H groups in total. The van der Waals surface area contributed by atoms with Gasteiger partial charge in [0.15, 0.2) is 6.10 Å². The molecule has 1 heterocycles. The van der Waals surface area contributed by atoms with E-state index in [-0.39, 0.29) is 11.9 Å². The number of carbonyl (C=O) groups excluding carboxylic acids is 2. The average molecular weight is 467 g/mol. The molecule has 6 nitrogen and oxygen atoms in total. The molecule has 0 bridgehead atoms. The summed E-state index contributed by atoms with van der Waals surface area (Å²) in [5.74, 6) is 0.000782. The summed E-state index contributed by atoms with van der Waals surface area (Å²) in [5, 5.41) is 5.38. The molecule has 0 saturated heterocycles. The van der Waals surface area contributed by atoms with Crippen molar-refractivity contribution in [1.29, 1.82) is 0 Å². The van der Waals surface area contributed by atoms with Gasteiger partial charge >= 0.3 is 5.97 Å². The quantitative estimate of drug-likeness (QED) is 0.399. The standard InChI is InChI=1S/C29H26N2O4/c1-19(23-14-8-10-20-9-3-4-13-24(20)23)30-28(32)27-18-31(25-15-5-6-16-26(25)35-27)22-12-7-11-21(17-22)29(33)34-2/h3-17,19,27H,18H2,1-2H3,(H,30,32). The molecule has 0 aromatic heterocycles. The van der Waals surface area contributed by atoms with Crippen LogP contribution in [-0.2, 0) is 9.53 Å². The molecule has 2 atom stereocenters. The zero-order chi connectivity index (χ0) is 24.4. The van der Waals surface area contributed by atoms with Crippen molar-refractivity contribution in [1.82, 2.24) is 5.32 Å². The molecular weight excluding hydrogens is 440 g/mol. The maximum Gasteiger partial charge on any atom is 0.337 e. The van der Waals surface area contributed by atoms with Crippen LogP contribution in [0.2, 0.25) is 0 Å². The first-order chi connectivity index (χ1) is 17.0. The van der Waals surface area contributed by atoms with E-state index in [1.54, 1.807) is 18.2 Å². The summed E-state index contributed by atoms with van der Waals surface area (Å²) in [6.45, 7) is 2.28. The van der Waals surface area contributed by atoms with Crippen LogP contribution in [0, 0.1) is 0 Å². The van der Waals surface area contributed by atoms with E-state index in [0.29, 0.717) is 17.9 Å². The number of esters is 1. The van der Waals surface area contributed by atoms with E-state index >= 15 is 0 Å². The van der Waals surface area contributed by atoms with Gasteiger partial charge in [0.25, 0.3) is 5.91 Å². The summed E-state index contributed by atoms with van der Waals surface area (Å²) in [6.07, 6.45) is -0.732. The normalized spacial score (nSPS) is 15.6. The molecule has 5 rings (SSSR count). The number of amides is 1. The van der Waals surface area contributed by atoms with E-state index in [2.05, 4.69) is 23.5 Å². The molecular formula is C29H26N2O4. The third-order valence-corrected chi connectivity index (χ3v) is 6.29. The number of nitrogens with zero attached hydrogens (tertiary/aromatic N) is 1. The van der Waals surface area contributed by atoms with Crippen LogP contribution in [0.4, 0.5) is 11.4 Å². The van der Waals surface area contributed by atoms with Crippen molar-refractivity contribution >= 4 is 34.0 Å². The molecule has 0 fully saturated rings. The highest BCUT2D eigenvalue weighted by atomic mass is 16.5. The highest BCUT2D eigenvalue weighted by molar-refractivity contribution is 5.92. The molecule has 1 amide bonds. The van der Waals surface area contributed by atoms with E-state index in [1.807, 2.05) is 66.4 Å². The number of fused-ring (bicyclic) bond motifs is 2. The number of nitrogens with one attached hydrogen (secondary N) is 1. The third kappa shape index (κ3) is 4.43. The first-order valence-electron chi connectivity index (χ1n) is 11.5. The smallest absolute Gasteiger partial charge is 0.337 e. The van der Waals surface area contributed by atoms with Crippen LogP contribution in [0.5, 0.6) is 5.75 Å². The van der Waals surface area contributed by atoms with Gasteiger partial charge in [-0.2, -0.15) is 0 Å². The van der Waals surface area contributed by atoms with Crippen LogP contribution in [0.15, 0.2) is 91.0 Å². The monoisotopic (exact) mass is 466 g/mol. The van der Waals surface area contributed by atoms with Gasteiger partial charge in [0.1, 0.15) is 5.75 Å². The van der Waals surface area contributed by atoms with Gasteiger partial charge in [-0.3, -0.25) is 4.79 Å². The first kappa shape index (κ1) is 22.5. The fraction of sp³-hybridized carbons (Fsp3) is 0.172. The number of ether oxygens (including phenoxy) is 2. The van der Waals surface area contributed by atoms with E-state index in [0.717, 1.165) is 27.7 Å². The molecule has 0 aliphatic carbocycles. The number of hydrogen-bond acceptors (Lipinski definition) is 5. The number of para-hydroxylation sites is 2. The molecule has 0 radical (unpaired) electrons. The number of hydrogen-bond donors (Lipinski definition) is 1. The Balaban J connectivity index is 1.42. The Morgan fingerprint density at radius 2 is 1.71 bits per heavy atom. The predicted molar refractivity (Wildman–Crippen MR) is 136 cm³/mol. The van der Waals surface area contributed by atoms with Crippen molar-refractivity contribution in [2.45, 2.75) is 19.1 Å². The molecule has 1 aliphatic heterocycles. The fourth-order valence-electron chi connectivity index (χ4n) is 4.55. The molecule has 2 unspecified atom stereocenters. The summed E-state index contributed by atoms with van der Waals surface area (Å²) in [6, 6.07) is 28.8. The van der Waals surface area contributed by atoms with E-state index in [1.165, 1.54) is 7.11 Å². The van der Waals surface area contributed by atoms with Crippen molar-refractivity contribution in [2.75, 3.05) is 18.6 Å². The minimum absolute atomic E-state index is 0.200. The van der Waals surface area contributed by atoms with E-state index in [9.17, 15) is 9.59 Å². The summed E-state index contributed by atoms with van der Waals surface area (Å²) in [7, 11) is 1.36. The van der Waals surface area contributed by atoms with Gasteiger partial charge in [-0.15, -0.1) is 0 Å². The molecule has 176 valence electrons. The van der Waals surface area contributed by atoms with Gasteiger partial charge in [-0.05, 0) is 53.6 Å². The third-order valence-electron chi connectivity index (χ3n) is 6.29. The Morgan fingerprint density at radius 1 is 0.971 bits per heavy atom. The SMILES string of the molecule is COC(=O)c1cccc(N2CC(C(=O)NC(C)c3cccc4ccccc34)Oc3ccccc32)c1. The van der Waals surface area contributed by atoms with Gasteiger partial charge in [0.05, 0.1) is 30.9 Å². The van der Waals surface area contributed by atoms with Crippen molar-refractivity contribution in [3.05, 3.63) is 102 Å². The topological polar surface area (TPSA) is 67.9 Å². The second-order valence-electron chi connectivity index (χ2n) is 8.53. The number of carbonyl (C=O) groups is 2. The largest absolute Gasteiger partial charge is 0.477 e. The highest BCUT2D eigenvalue weighted by Crippen LogP contribution is 2.38. The van der Waals surface area contributed by atoms with Gasteiger partial charge in [-0.1, -0.05) is 60.7 Å². The van der Waals surface area contributed by atoms with E-state index < -0.39 is 12.1 Å². The van der Waals surface area contributed by atoms with Crippen LogP contribution in [0.1, 0.15) is 28.9 Å². The maximum atomic E-state index is 13.4. The Bertz CT molecular complexity index is 1400. The maximum absolute atomic E-state index is 13.4. The molecule has 1 aliphatic rings. The lowest BCUT2D eigenvalue weighted by atomic mass is 9.99. The Labute approximate surface area is 204 Å². The Kier molecular flexibility index (Phi) is 6.10. The number of benzene rings is 4. The molecule has 0 spiro atoms. The molecule has 4 aromatic carbocycles. The van der Waals surface area contributed by atoms with Gasteiger partial charge in [0, 0.05) is 5.69 Å². The van der Waals surface area contributed by atoms with Crippen molar-refractivity contribution in [3.63, 3.8) is 0 Å². The minimum atomic E-state index is -0.732. The second kappa shape index (κ2) is 9.50. The molecule has 35 heavy (non-hydrogen) atoms. The zero-order valence-electron chi connectivity index (χ0n) is 19.6. The number of rotatable bonds is 5. The summed E-state index contributed by atoms with van der Waals surface area (Å²) >= 11 is 0. The molecule has 0 saturated carbocycles. The summed E-state index contributed by atoms with van der Waals surface area (Å²) < 4.78 is 11.0. The lowest BCUT2D eigenvalue weighted by Gasteiger charge is -2.36. The van der Waals surface area contributed by atoms with Gasteiger partial charge in [-0.25, -0.2) is 4.79 Å². The van der Waals surface area contributed by atoms with Crippen molar-refractivity contribution < 1.29 is 19.1 Å². The molecule has 4 aromatic rings. The highest BCUT2D eigenvalue weighted by Gasteiger charge is 2.32. The van der Waals surface area contributed by atoms with Crippen LogP contribution < -0.4 is 15.0 Å². The Hall–Kier alpha value is -4.32. The lowest BCUT2D eigenvalue weighted by Crippen LogP contribution is -2.48. The van der Waals surface area contributed by atoms with Crippen LogP contribution in [-0.4, -0.2) is 31.6 Å². The predicted octanol–water partition coefficient (Wildman–Crippen LogP) is 5.40. The minimum Gasteiger partial charge on any atom is -0.477 e. The van der Waals surface area contributed by atoms with E-state index in [4.69, 9.17) is 9.47 Å². The van der Waals surface area contributed by atoms with Crippen LogP contribution in [0.25, 0.3) is 10.8 Å². The lowest BCUT2D eigenvalue weighted by molar-refractivity contribution is -0.128. The van der Waals surface area contributed by atoms with Crippen LogP contribution in [0.3, 0.4) is 0 Å². The Morgan fingerprint density at radius 3 is 2.57 bits per heavy atom. The van der Waals surface area contributed by atoms with Gasteiger partial charge < -0.3 is 19.7 Å². The van der Waals surface area contributed by atoms with Gasteiger partial charge in [0.2, 0.25) is 0 Å². The average Bonchev–Trinajstić information content (AvgIpc) is 2.91. The summed E-state index contributed by atoms with van der Waals surface area (Å²) in [5.41, 5.74) is 3.11. The fourth-order valence-corrected chi connectivity index (χ4v) is 4.55. The zero-order valence-corrected chi connectivity index (χ0v) is 19.6. The molecule has 6 heteroatoms. The van der Waals surface area contributed by atoms with Crippen LogP contribution >= 0.6 is 0 Å². The van der Waals surface area contributed by atoms with Crippen molar-refractivity contribution in [3.8, 4) is 5.75 Å². The first-order valence-corrected chi connectivity index (χ1v) is 11.5. The summed E-state index contributed by atoms with van der Waals surface area (Å²) in [4.78, 5) is 27.5. The van der Waals surface area contributed by atoms with Crippen molar-refractivity contribution in [2.24, 2.45) is 0 Å². The second-order valence-corrected chi connectivity index (χ2v) is 8.53.